The van der Waals surface area contributed by atoms with E-state index in [2.05, 4.69) is 9.88 Å². The second-order valence-electron chi connectivity index (χ2n) is 5.97. The van der Waals surface area contributed by atoms with Crippen LogP contribution in [0.5, 0.6) is 0 Å². The van der Waals surface area contributed by atoms with Crippen molar-refractivity contribution >= 4 is 16.8 Å². The molecule has 1 aliphatic heterocycles. The Morgan fingerprint density at radius 1 is 1.41 bits per heavy atom. The van der Waals surface area contributed by atoms with Crippen molar-refractivity contribution in [3.8, 4) is 0 Å². The van der Waals surface area contributed by atoms with Gasteiger partial charge in [-0.15, -0.1) is 0 Å². The van der Waals surface area contributed by atoms with Gasteiger partial charge in [0.15, 0.2) is 0 Å². The zero-order chi connectivity index (χ0) is 15.7. The van der Waals surface area contributed by atoms with Crippen LogP contribution in [-0.2, 0) is 11.3 Å². The number of nitrogens with zero attached hydrogens (tertiary/aromatic N) is 3. The summed E-state index contributed by atoms with van der Waals surface area (Å²) in [5.41, 5.74) is 1.65. The molecule has 2 aromatic rings. The number of benzene rings is 1. The number of likely N-dealkylation sites (tertiary alicyclic amines) is 1. The number of fused-ring (bicyclic) bond motifs is 1. The third kappa shape index (κ3) is 2.68. The number of rotatable bonds is 3. The van der Waals surface area contributed by atoms with Crippen LogP contribution in [0.15, 0.2) is 30.5 Å². The molecule has 0 spiro atoms. The molecule has 116 valence electrons. The summed E-state index contributed by atoms with van der Waals surface area (Å²) in [4.78, 5) is 20.4. The summed E-state index contributed by atoms with van der Waals surface area (Å²) in [6.45, 7) is 1.51. The molecule has 1 aromatic heterocycles. The highest BCUT2D eigenvalue weighted by molar-refractivity contribution is 5.83. The van der Waals surface area contributed by atoms with E-state index in [9.17, 15) is 9.18 Å². The molecule has 2 heterocycles. The molecule has 1 fully saturated rings. The number of carbonyl (C=O) groups is 1. The minimum atomic E-state index is -0.255. The first-order valence-corrected chi connectivity index (χ1v) is 7.55. The van der Waals surface area contributed by atoms with Crippen LogP contribution in [0.4, 0.5) is 4.39 Å². The lowest BCUT2D eigenvalue weighted by Crippen LogP contribution is -2.42. The van der Waals surface area contributed by atoms with Gasteiger partial charge in [0, 0.05) is 32.2 Å². The lowest BCUT2D eigenvalue weighted by Gasteiger charge is -2.26. The fourth-order valence-electron chi connectivity index (χ4n) is 3.14. The minimum absolute atomic E-state index is 0.0844. The second kappa shape index (κ2) is 6.01. The van der Waals surface area contributed by atoms with Crippen LogP contribution >= 0.6 is 0 Å². The summed E-state index contributed by atoms with van der Waals surface area (Å²) >= 11 is 0. The van der Waals surface area contributed by atoms with E-state index < -0.39 is 0 Å². The van der Waals surface area contributed by atoms with Gasteiger partial charge in [-0.1, -0.05) is 6.07 Å². The van der Waals surface area contributed by atoms with Gasteiger partial charge < -0.3 is 4.90 Å². The van der Waals surface area contributed by atoms with Crippen LogP contribution in [0.25, 0.3) is 10.9 Å². The van der Waals surface area contributed by atoms with Crippen molar-refractivity contribution in [3.05, 3.63) is 41.8 Å². The van der Waals surface area contributed by atoms with Crippen molar-refractivity contribution in [2.24, 2.45) is 0 Å². The normalized spacial score (nSPS) is 18.8. The van der Waals surface area contributed by atoms with Crippen molar-refractivity contribution < 1.29 is 9.18 Å². The maximum absolute atomic E-state index is 13.9. The molecule has 4 nitrogen and oxygen atoms in total. The van der Waals surface area contributed by atoms with Crippen LogP contribution in [0.2, 0.25) is 0 Å². The molecule has 22 heavy (non-hydrogen) atoms. The molecule has 1 amide bonds. The molecule has 0 bridgehead atoms. The van der Waals surface area contributed by atoms with E-state index in [0.717, 1.165) is 24.9 Å². The van der Waals surface area contributed by atoms with Crippen molar-refractivity contribution in [2.45, 2.75) is 25.4 Å². The fourth-order valence-corrected chi connectivity index (χ4v) is 3.14. The number of pyridine rings is 1. The monoisotopic (exact) mass is 301 g/mol. The maximum Gasteiger partial charge on any atom is 0.239 e. The van der Waals surface area contributed by atoms with Crippen LogP contribution in [0, 0.1) is 5.82 Å². The molecule has 3 rings (SSSR count). The Morgan fingerprint density at radius 3 is 3.00 bits per heavy atom. The number of halogens is 1. The number of hydrogen-bond acceptors (Lipinski definition) is 3. The van der Waals surface area contributed by atoms with Crippen molar-refractivity contribution in [3.63, 3.8) is 0 Å². The molecule has 1 atom stereocenters. The van der Waals surface area contributed by atoms with Crippen molar-refractivity contribution in [1.82, 2.24) is 14.8 Å². The Labute approximate surface area is 129 Å². The SMILES string of the molecule is CN(C)C(=O)[C@H]1CCCN1Cc1ccc(F)c2cccnc12. The lowest BCUT2D eigenvalue weighted by molar-refractivity contribution is -0.133. The second-order valence-corrected chi connectivity index (χ2v) is 5.97. The Bertz CT molecular complexity index is 701. The van der Waals surface area contributed by atoms with Gasteiger partial charge in [-0.05, 0) is 43.1 Å². The molecule has 1 aliphatic rings. The molecule has 1 saturated heterocycles. The van der Waals surface area contributed by atoms with E-state index >= 15 is 0 Å². The molecular weight excluding hydrogens is 281 g/mol. The Hall–Kier alpha value is -2.01. The number of likely N-dealkylation sites (N-methyl/N-ethyl adjacent to an activating group) is 1. The van der Waals surface area contributed by atoms with Crippen LogP contribution in [-0.4, -0.2) is 47.4 Å². The first-order chi connectivity index (χ1) is 10.6. The molecule has 0 saturated carbocycles. The fraction of sp³-hybridized carbons (Fsp3) is 0.412. The summed E-state index contributed by atoms with van der Waals surface area (Å²) in [6.07, 6.45) is 3.57. The van der Waals surface area contributed by atoms with E-state index in [1.807, 2.05) is 0 Å². The molecule has 1 aromatic carbocycles. The predicted octanol–water partition coefficient (Wildman–Crippen LogP) is 2.43. The van der Waals surface area contributed by atoms with Gasteiger partial charge in [0.1, 0.15) is 5.82 Å². The summed E-state index contributed by atoms with van der Waals surface area (Å²) in [7, 11) is 3.57. The van der Waals surface area contributed by atoms with Crippen molar-refractivity contribution in [2.75, 3.05) is 20.6 Å². The molecule has 5 heteroatoms. The Kier molecular flexibility index (Phi) is 4.07. The topological polar surface area (TPSA) is 36.4 Å². The van der Waals surface area contributed by atoms with E-state index in [1.165, 1.54) is 6.07 Å². The van der Waals surface area contributed by atoms with Gasteiger partial charge in [-0.3, -0.25) is 14.7 Å². The largest absolute Gasteiger partial charge is 0.347 e. The maximum atomic E-state index is 13.9. The van der Waals surface area contributed by atoms with Crippen molar-refractivity contribution in [1.29, 1.82) is 0 Å². The number of carbonyl (C=O) groups excluding carboxylic acids is 1. The van der Waals surface area contributed by atoms with E-state index in [1.54, 1.807) is 43.4 Å². The summed E-state index contributed by atoms with van der Waals surface area (Å²) < 4.78 is 13.9. The third-order valence-corrected chi connectivity index (χ3v) is 4.26. The molecule has 0 N–H and O–H groups in total. The van der Waals surface area contributed by atoms with Gasteiger partial charge in [0.25, 0.3) is 0 Å². The third-order valence-electron chi connectivity index (χ3n) is 4.26. The van der Waals surface area contributed by atoms with Gasteiger partial charge in [0.05, 0.1) is 11.6 Å². The minimum Gasteiger partial charge on any atom is -0.347 e. The summed E-state index contributed by atoms with van der Waals surface area (Å²) in [5, 5.41) is 0.537. The Balaban J connectivity index is 1.90. The number of hydrogen-bond donors (Lipinski definition) is 0. The van der Waals surface area contributed by atoms with E-state index in [4.69, 9.17) is 0 Å². The highest BCUT2D eigenvalue weighted by Gasteiger charge is 2.31. The Morgan fingerprint density at radius 2 is 2.23 bits per heavy atom. The number of aromatic nitrogens is 1. The van der Waals surface area contributed by atoms with E-state index in [0.29, 0.717) is 17.4 Å². The molecule has 0 radical (unpaired) electrons. The number of amides is 1. The van der Waals surface area contributed by atoms with Gasteiger partial charge >= 0.3 is 0 Å². The smallest absolute Gasteiger partial charge is 0.239 e. The highest BCUT2D eigenvalue weighted by atomic mass is 19.1. The zero-order valence-electron chi connectivity index (χ0n) is 12.9. The quantitative estimate of drug-likeness (QED) is 0.873. The van der Waals surface area contributed by atoms with Gasteiger partial charge in [0.2, 0.25) is 5.91 Å². The molecule has 0 aliphatic carbocycles. The van der Waals surface area contributed by atoms with Gasteiger partial charge in [-0.25, -0.2) is 4.39 Å². The first kappa shape index (κ1) is 14.9. The standard InChI is InChI=1S/C17H20FN3O/c1-20(2)17(22)15-6-4-10-21(15)11-12-7-8-14(18)13-5-3-9-19-16(12)13/h3,5,7-9,15H,4,6,10-11H2,1-2H3/t15-/m1/s1. The predicted molar refractivity (Wildman–Crippen MR) is 83.8 cm³/mol. The van der Waals surface area contributed by atoms with Crippen LogP contribution < -0.4 is 0 Å². The van der Waals surface area contributed by atoms with Gasteiger partial charge in [-0.2, -0.15) is 0 Å². The van der Waals surface area contributed by atoms with Crippen LogP contribution in [0.1, 0.15) is 18.4 Å². The van der Waals surface area contributed by atoms with E-state index in [-0.39, 0.29) is 17.8 Å². The molecule has 0 unspecified atom stereocenters. The average molecular weight is 301 g/mol. The average Bonchev–Trinajstić information content (AvgIpc) is 2.97. The first-order valence-electron chi connectivity index (χ1n) is 7.55. The highest BCUT2D eigenvalue weighted by Crippen LogP contribution is 2.25. The molecular formula is C17H20FN3O. The van der Waals surface area contributed by atoms with Crippen LogP contribution in [0.3, 0.4) is 0 Å². The summed E-state index contributed by atoms with van der Waals surface area (Å²) in [5.74, 6) is -0.119. The lowest BCUT2D eigenvalue weighted by atomic mass is 10.1. The summed E-state index contributed by atoms with van der Waals surface area (Å²) in [6, 6.07) is 6.66. The zero-order valence-corrected chi connectivity index (χ0v) is 12.9.